The topological polar surface area (TPSA) is 21.3 Å². The molecule has 2 atom stereocenters. The van der Waals surface area contributed by atoms with Crippen LogP contribution in [0.25, 0.3) is 11.1 Å². The zero-order valence-corrected chi connectivity index (χ0v) is 15.0. The summed E-state index contributed by atoms with van der Waals surface area (Å²) in [4.78, 5) is 0. The second kappa shape index (κ2) is 8.31. The zero-order chi connectivity index (χ0) is 17.6. The first-order chi connectivity index (χ1) is 12.9. The smallest absolute Gasteiger partial charge is 0.0771 e. The number of ether oxygens (including phenoxy) is 1. The summed E-state index contributed by atoms with van der Waals surface area (Å²) in [7, 11) is 0. The lowest BCUT2D eigenvalue weighted by molar-refractivity contribution is 0.0110. The average molecular weight is 343 g/mol. The standard InChI is InChI=1S/C24H25NO/c1-3-9-19(10-4-1)22-14-8-7-13-21(22)17-23(20-11-5-2-6-12-20)24-18-25-15-16-26-24/h1-14,23-25H,15-18H2/t23-,24-/m1/s1. The quantitative estimate of drug-likeness (QED) is 0.727. The van der Waals surface area contributed by atoms with E-state index in [-0.39, 0.29) is 6.10 Å². The molecule has 3 aromatic carbocycles. The Morgan fingerprint density at radius 1 is 0.846 bits per heavy atom. The van der Waals surface area contributed by atoms with E-state index in [2.05, 4.69) is 90.2 Å². The minimum absolute atomic E-state index is 0.204. The summed E-state index contributed by atoms with van der Waals surface area (Å²) >= 11 is 0. The van der Waals surface area contributed by atoms with Crippen molar-refractivity contribution >= 4 is 0 Å². The van der Waals surface area contributed by atoms with Crippen LogP contribution in [-0.2, 0) is 11.2 Å². The van der Waals surface area contributed by atoms with Crippen molar-refractivity contribution in [2.45, 2.75) is 18.4 Å². The second-order valence-electron chi connectivity index (χ2n) is 6.86. The van der Waals surface area contributed by atoms with E-state index >= 15 is 0 Å². The van der Waals surface area contributed by atoms with Crippen molar-refractivity contribution in [1.82, 2.24) is 5.32 Å². The van der Waals surface area contributed by atoms with Crippen LogP contribution in [0.1, 0.15) is 17.0 Å². The lowest BCUT2D eigenvalue weighted by Gasteiger charge is -2.32. The molecular weight excluding hydrogens is 318 g/mol. The molecule has 0 saturated carbocycles. The van der Waals surface area contributed by atoms with E-state index in [0.29, 0.717) is 5.92 Å². The molecule has 2 nitrogen and oxygen atoms in total. The van der Waals surface area contributed by atoms with Gasteiger partial charge in [0.15, 0.2) is 0 Å². The SMILES string of the molecule is c1ccc(-c2ccccc2C[C@H](c2ccccc2)[C@H]2CNCCO2)cc1. The minimum atomic E-state index is 0.204. The van der Waals surface area contributed by atoms with Crippen LogP contribution in [0.15, 0.2) is 84.9 Å². The van der Waals surface area contributed by atoms with Gasteiger partial charge >= 0.3 is 0 Å². The number of rotatable bonds is 5. The zero-order valence-electron chi connectivity index (χ0n) is 15.0. The van der Waals surface area contributed by atoms with Crippen LogP contribution in [0, 0.1) is 0 Å². The Labute approximate surface area is 155 Å². The summed E-state index contributed by atoms with van der Waals surface area (Å²) < 4.78 is 6.15. The average Bonchev–Trinajstić information content (AvgIpc) is 2.74. The van der Waals surface area contributed by atoms with Gasteiger partial charge in [-0.2, -0.15) is 0 Å². The Hall–Kier alpha value is -2.42. The molecule has 26 heavy (non-hydrogen) atoms. The predicted molar refractivity (Wildman–Crippen MR) is 107 cm³/mol. The van der Waals surface area contributed by atoms with Gasteiger partial charge in [0.05, 0.1) is 12.7 Å². The molecule has 0 aromatic heterocycles. The second-order valence-corrected chi connectivity index (χ2v) is 6.86. The summed E-state index contributed by atoms with van der Waals surface area (Å²) in [5.41, 5.74) is 5.32. The fraction of sp³-hybridized carbons (Fsp3) is 0.250. The highest BCUT2D eigenvalue weighted by atomic mass is 16.5. The molecule has 2 heteroatoms. The van der Waals surface area contributed by atoms with Gasteiger partial charge in [-0.3, -0.25) is 0 Å². The van der Waals surface area contributed by atoms with Crippen LogP contribution >= 0.6 is 0 Å². The fourth-order valence-electron chi connectivity index (χ4n) is 3.84. The summed E-state index contributed by atoms with van der Waals surface area (Å²) in [5.74, 6) is 0.342. The fourth-order valence-corrected chi connectivity index (χ4v) is 3.84. The number of nitrogens with one attached hydrogen (secondary N) is 1. The van der Waals surface area contributed by atoms with Gasteiger partial charge in [-0.1, -0.05) is 84.9 Å². The summed E-state index contributed by atoms with van der Waals surface area (Å²) in [6.45, 7) is 2.64. The molecule has 0 aliphatic carbocycles. The third-order valence-corrected chi connectivity index (χ3v) is 5.17. The monoisotopic (exact) mass is 343 g/mol. The number of hydrogen-bond donors (Lipinski definition) is 1. The third-order valence-electron chi connectivity index (χ3n) is 5.17. The lowest BCUT2D eigenvalue weighted by atomic mass is 9.84. The predicted octanol–water partition coefficient (Wildman–Crippen LogP) is 4.67. The van der Waals surface area contributed by atoms with Gasteiger partial charge in [0, 0.05) is 19.0 Å². The van der Waals surface area contributed by atoms with Crippen molar-refractivity contribution in [3.8, 4) is 11.1 Å². The largest absolute Gasteiger partial charge is 0.375 e. The van der Waals surface area contributed by atoms with Crippen molar-refractivity contribution in [1.29, 1.82) is 0 Å². The van der Waals surface area contributed by atoms with Gasteiger partial charge in [0.2, 0.25) is 0 Å². The molecule has 1 heterocycles. The molecule has 3 aromatic rings. The molecule has 1 saturated heterocycles. The van der Waals surface area contributed by atoms with E-state index in [9.17, 15) is 0 Å². The number of benzene rings is 3. The summed E-state index contributed by atoms with van der Waals surface area (Å²) in [5, 5.41) is 3.49. The highest BCUT2D eigenvalue weighted by Crippen LogP contribution is 2.32. The molecule has 1 aliphatic rings. The van der Waals surface area contributed by atoms with Crippen molar-refractivity contribution < 1.29 is 4.74 Å². The van der Waals surface area contributed by atoms with Crippen molar-refractivity contribution in [2.24, 2.45) is 0 Å². The van der Waals surface area contributed by atoms with Crippen molar-refractivity contribution in [2.75, 3.05) is 19.7 Å². The van der Waals surface area contributed by atoms with Crippen LogP contribution < -0.4 is 5.32 Å². The molecule has 132 valence electrons. The first-order valence-electron chi connectivity index (χ1n) is 9.42. The van der Waals surface area contributed by atoms with E-state index in [1.165, 1.54) is 22.3 Å². The highest BCUT2D eigenvalue weighted by Gasteiger charge is 2.26. The van der Waals surface area contributed by atoms with Gasteiger partial charge in [-0.25, -0.2) is 0 Å². The van der Waals surface area contributed by atoms with Crippen LogP contribution in [0.4, 0.5) is 0 Å². The lowest BCUT2D eigenvalue weighted by Crippen LogP contribution is -2.42. The van der Waals surface area contributed by atoms with E-state index < -0.39 is 0 Å². The Balaban J connectivity index is 1.68. The molecule has 0 unspecified atom stereocenters. The van der Waals surface area contributed by atoms with Gasteiger partial charge in [0.25, 0.3) is 0 Å². The summed E-state index contributed by atoms with van der Waals surface area (Å²) in [6, 6.07) is 30.2. The molecule has 0 bridgehead atoms. The van der Waals surface area contributed by atoms with E-state index in [4.69, 9.17) is 4.74 Å². The normalized spacial score (nSPS) is 18.4. The van der Waals surface area contributed by atoms with Gasteiger partial charge in [-0.15, -0.1) is 0 Å². The number of morpholine rings is 1. The molecule has 0 amide bonds. The summed E-state index contributed by atoms with van der Waals surface area (Å²) in [6.07, 6.45) is 1.18. The van der Waals surface area contributed by atoms with Gasteiger partial charge < -0.3 is 10.1 Å². The van der Waals surface area contributed by atoms with Crippen LogP contribution in [0.2, 0.25) is 0 Å². The minimum Gasteiger partial charge on any atom is -0.375 e. The maximum atomic E-state index is 6.15. The van der Waals surface area contributed by atoms with Crippen LogP contribution in [0.3, 0.4) is 0 Å². The molecule has 0 spiro atoms. The maximum Gasteiger partial charge on any atom is 0.0771 e. The first kappa shape index (κ1) is 17.0. The maximum absolute atomic E-state index is 6.15. The Morgan fingerprint density at radius 2 is 1.54 bits per heavy atom. The van der Waals surface area contributed by atoms with Crippen LogP contribution in [0.5, 0.6) is 0 Å². The van der Waals surface area contributed by atoms with E-state index in [1.54, 1.807) is 0 Å². The Bertz CT molecular complexity index is 810. The molecule has 4 rings (SSSR count). The van der Waals surface area contributed by atoms with Crippen LogP contribution in [-0.4, -0.2) is 25.8 Å². The van der Waals surface area contributed by atoms with E-state index in [0.717, 1.165) is 26.1 Å². The molecular formula is C24H25NO. The van der Waals surface area contributed by atoms with Crippen molar-refractivity contribution in [3.05, 3.63) is 96.1 Å². The van der Waals surface area contributed by atoms with Gasteiger partial charge in [0.1, 0.15) is 0 Å². The highest BCUT2D eigenvalue weighted by molar-refractivity contribution is 5.67. The van der Waals surface area contributed by atoms with Gasteiger partial charge in [-0.05, 0) is 28.7 Å². The third kappa shape index (κ3) is 3.87. The number of hydrogen-bond acceptors (Lipinski definition) is 2. The molecule has 1 fully saturated rings. The Morgan fingerprint density at radius 3 is 2.27 bits per heavy atom. The van der Waals surface area contributed by atoms with Crippen molar-refractivity contribution in [3.63, 3.8) is 0 Å². The van der Waals surface area contributed by atoms with E-state index in [1.807, 2.05) is 0 Å². The Kier molecular flexibility index (Phi) is 5.44. The molecule has 1 N–H and O–H groups in total. The molecule has 1 aliphatic heterocycles. The molecule has 0 radical (unpaired) electrons. The first-order valence-corrected chi connectivity index (χ1v) is 9.42.